The second kappa shape index (κ2) is 8.59. The molecule has 0 aliphatic heterocycles. The minimum Gasteiger partial charge on any atom is -0.481 e. The van der Waals surface area contributed by atoms with Crippen LogP contribution in [0.4, 0.5) is 5.13 Å². The van der Waals surface area contributed by atoms with Gasteiger partial charge in [0.1, 0.15) is 0 Å². The number of aromatic nitrogens is 1. The number of rotatable bonds is 8. The van der Waals surface area contributed by atoms with Crippen LogP contribution in [0.2, 0.25) is 0 Å². The van der Waals surface area contributed by atoms with Gasteiger partial charge >= 0.3 is 5.97 Å². The summed E-state index contributed by atoms with van der Waals surface area (Å²) < 4.78 is 0. The number of anilines is 1. The molecule has 0 atom stereocenters. The van der Waals surface area contributed by atoms with E-state index in [4.69, 9.17) is 5.11 Å². The number of nitrogens with one attached hydrogen (secondary N) is 1. The van der Waals surface area contributed by atoms with Crippen molar-refractivity contribution in [1.82, 2.24) is 4.98 Å². The lowest BCUT2D eigenvalue weighted by Gasteiger charge is -2.02. The van der Waals surface area contributed by atoms with Gasteiger partial charge in [0.2, 0.25) is 5.91 Å². The van der Waals surface area contributed by atoms with Gasteiger partial charge in [-0.1, -0.05) is 44.5 Å². The van der Waals surface area contributed by atoms with E-state index in [0.29, 0.717) is 22.1 Å². The number of thiazole rings is 1. The highest BCUT2D eigenvalue weighted by Gasteiger charge is 2.17. The highest BCUT2D eigenvalue weighted by molar-refractivity contribution is 7.16. The van der Waals surface area contributed by atoms with E-state index >= 15 is 0 Å². The van der Waals surface area contributed by atoms with E-state index in [-0.39, 0.29) is 12.3 Å². The standard InChI is InChI=1S/C18H22N2O3S/c1-3-5-6-15(21)19-18-20-17(14(24-18)11-16(22)23)13-9-7-12(4-2)8-10-13/h7-10H,3-6,11H2,1-2H3,(H,22,23)(H,19,20,21). The fourth-order valence-corrected chi connectivity index (χ4v) is 3.30. The maximum Gasteiger partial charge on any atom is 0.308 e. The van der Waals surface area contributed by atoms with Gasteiger partial charge in [-0.2, -0.15) is 0 Å². The third-order valence-electron chi connectivity index (χ3n) is 3.65. The largest absolute Gasteiger partial charge is 0.481 e. The molecule has 0 radical (unpaired) electrons. The van der Waals surface area contributed by atoms with Crippen molar-refractivity contribution in [2.45, 2.75) is 46.0 Å². The number of carbonyl (C=O) groups excluding carboxylic acids is 1. The zero-order valence-corrected chi connectivity index (χ0v) is 14.8. The maximum atomic E-state index is 11.9. The van der Waals surface area contributed by atoms with E-state index < -0.39 is 5.97 Å². The second-order valence-electron chi connectivity index (χ2n) is 5.56. The van der Waals surface area contributed by atoms with Crippen LogP contribution in [-0.2, 0) is 22.4 Å². The van der Waals surface area contributed by atoms with Crippen molar-refractivity contribution in [2.24, 2.45) is 0 Å². The quantitative estimate of drug-likeness (QED) is 0.753. The predicted octanol–water partition coefficient (Wildman–Crippen LogP) is 4.13. The second-order valence-corrected chi connectivity index (χ2v) is 6.65. The van der Waals surface area contributed by atoms with Crippen molar-refractivity contribution in [3.63, 3.8) is 0 Å². The molecular weight excluding hydrogens is 324 g/mol. The predicted molar refractivity (Wildman–Crippen MR) is 96.4 cm³/mol. The molecular formula is C18H22N2O3S. The van der Waals surface area contributed by atoms with Gasteiger partial charge in [0, 0.05) is 16.9 Å². The van der Waals surface area contributed by atoms with Crippen LogP contribution in [0.3, 0.4) is 0 Å². The summed E-state index contributed by atoms with van der Waals surface area (Å²) >= 11 is 1.23. The van der Waals surface area contributed by atoms with Crippen molar-refractivity contribution >= 4 is 28.3 Å². The number of nitrogens with zero attached hydrogens (tertiary/aromatic N) is 1. The topological polar surface area (TPSA) is 79.3 Å². The fourth-order valence-electron chi connectivity index (χ4n) is 2.31. The van der Waals surface area contributed by atoms with Gasteiger partial charge in [0.05, 0.1) is 12.1 Å². The molecule has 0 fully saturated rings. The van der Waals surface area contributed by atoms with Crippen LogP contribution < -0.4 is 5.32 Å². The van der Waals surface area contributed by atoms with E-state index in [2.05, 4.69) is 17.2 Å². The molecule has 1 aromatic carbocycles. The summed E-state index contributed by atoms with van der Waals surface area (Å²) in [6, 6.07) is 7.92. The van der Waals surface area contributed by atoms with Gasteiger partial charge in [0.15, 0.2) is 5.13 Å². The number of aliphatic carboxylic acids is 1. The third-order valence-corrected chi connectivity index (χ3v) is 4.62. The zero-order chi connectivity index (χ0) is 17.5. The minimum atomic E-state index is -0.908. The summed E-state index contributed by atoms with van der Waals surface area (Å²) in [6.45, 7) is 4.11. The molecule has 24 heavy (non-hydrogen) atoms. The van der Waals surface area contributed by atoms with Gasteiger partial charge < -0.3 is 10.4 Å². The first-order chi connectivity index (χ1) is 11.5. The van der Waals surface area contributed by atoms with Gasteiger partial charge in [-0.3, -0.25) is 9.59 Å². The van der Waals surface area contributed by atoms with Crippen LogP contribution in [0.25, 0.3) is 11.3 Å². The third kappa shape index (κ3) is 4.89. The Morgan fingerprint density at radius 2 is 1.92 bits per heavy atom. The number of hydrogen-bond acceptors (Lipinski definition) is 4. The van der Waals surface area contributed by atoms with Crippen LogP contribution in [0, 0.1) is 0 Å². The number of aryl methyl sites for hydroxylation is 1. The van der Waals surface area contributed by atoms with Gasteiger partial charge in [-0.25, -0.2) is 4.98 Å². The van der Waals surface area contributed by atoms with Crippen LogP contribution in [0.15, 0.2) is 24.3 Å². The van der Waals surface area contributed by atoms with Crippen molar-refractivity contribution in [1.29, 1.82) is 0 Å². The molecule has 1 heterocycles. The molecule has 0 aliphatic carbocycles. The van der Waals surface area contributed by atoms with Gasteiger partial charge in [0.25, 0.3) is 0 Å². The Bertz CT molecular complexity index is 708. The Labute approximate surface area is 145 Å². The van der Waals surface area contributed by atoms with Crippen molar-refractivity contribution in [3.05, 3.63) is 34.7 Å². The molecule has 2 rings (SSSR count). The van der Waals surface area contributed by atoms with E-state index in [9.17, 15) is 9.59 Å². The molecule has 2 N–H and O–H groups in total. The lowest BCUT2D eigenvalue weighted by atomic mass is 10.1. The number of carboxylic acids is 1. The van der Waals surface area contributed by atoms with Gasteiger partial charge in [-0.15, -0.1) is 11.3 Å². The normalized spacial score (nSPS) is 10.6. The van der Waals surface area contributed by atoms with Crippen LogP contribution in [-0.4, -0.2) is 22.0 Å². The van der Waals surface area contributed by atoms with Gasteiger partial charge in [-0.05, 0) is 18.4 Å². The summed E-state index contributed by atoms with van der Waals surface area (Å²) in [4.78, 5) is 28.1. The molecule has 2 aromatic rings. The summed E-state index contributed by atoms with van der Waals surface area (Å²) in [5.74, 6) is -0.991. The molecule has 6 heteroatoms. The molecule has 1 aromatic heterocycles. The summed E-state index contributed by atoms with van der Waals surface area (Å²) in [5, 5.41) is 12.4. The average molecular weight is 346 g/mol. The monoisotopic (exact) mass is 346 g/mol. The summed E-state index contributed by atoms with van der Waals surface area (Å²) in [6.07, 6.45) is 3.06. The summed E-state index contributed by atoms with van der Waals surface area (Å²) in [7, 11) is 0. The molecule has 0 saturated heterocycles. The van der Waals surface area contributed by atoms with E-state index in [1.54, 1.807) is 0 Å². The molecule has 1 amide bonds. The van der Waals surface area contributed by atoms with Crippen molar-refractivity contribution < 1.29 is 14.7 Å². The van der Waals surface area contributed by atoms with E-state index in [1.165, 1.54) is 16.9 Å². The first-order valence-electron chi connectivity index (χ1n) is 8.14. The highest BCUT2D eigenvalue weighted by atomic mass is 32.1. The van der Waals surface area contributed by atoms with Crippen LogP contribution in [0.5, 0.6) is 0 Å². The van der Waals surface area contributed by atoms with Crippen LogP contribution >= 0.6 is 11.3 Å². The average Bonchev–Trinajstić information content (AvgIpc) is 2.94. The Morgan fingerprint density at radius 1 is 1.21 bits per heavy atom. The van der Waals surface area contributed by atoms with Crippen molar-refractivity contribution in [2.75, 3.05) is 5.32 Å². The van der Waals surface area contributed by atoms with Crippen molar-refractivity contribution in [3.8, 4) is 11.3 Å². The zero-order valence-electron chi connectivity index (χ0n) is 14.0. The maximum absolute atomic E-state index is 11.9. The Balaban J connectivity index is 2.27. The number of carboxylic acid groups (broad SMARTS) is 1. The number of unbranched alkanes of at least 4 members (excludes halogenated alkanes) is 1. The number of carbonyl (C=O) groups is 2. The molecule has 128 valence electrons. The number of hydrogen-bond donors (Lipinski definition) is 2. The highest BCUT2D eigenvalue weighted by Crippen LogP contribution is 2.32. The first kappa shape index (κ1) is 18.1. The lowest BCUT2D eigenvalue weighted by Crippen LogP contribution is -2.10. The smallest absolute Gasteiger partial charge is 0.308 e. The fraction of sp³-hybridized carbons (Fsp3) is 0.389. The molecule has 0 spiro atoms. The molecule has 0 bridgehead atoms. The summed E-state index contributed by atoms with van der Waals surface area (Å²) in [5.41, 5.74) is 2.71. The Morgan fingerprint density at radius 3 is 2.50 bits per heavy atom. The molecule has 5 nitrogen and oxygen atoms in total. The molecule has 0 unspecified atom stereocenters. The molecule has 0 aliphatic rings. The first-order valence-corrected chi connectivity index (χ1v) is 8.95. The SMILES string of the molecule is CCCCC(=O)Nc1nc(-c2ccc(CC)cc2)c(CC(=O)O)s1. The van der Waals surface area contributed by atoms with E-state index in [0.717, 1.165) is 24.8 Å². The number of benzene rings is 1. The number of amides is 1. The molecule has 0 saturated carbocycles. The minimum absolute atomic E-state index is 0.0830. The Hall–Kier alpha value is -2.21. The van der Waals surface area contributed by atoms with Crippen LogP contribution in [0.1, 0.15) is 43.6 Å². The van der Waals surface area contributed by atoms with E-state index in [1.807, 2.05) is 31.2 Å². The lowest BCUT2D eigenvalue weighted by molar-refractivity contribution is -0.136. The Kier molecular flexibility index (Phi) is 6.49.